The SMILES string of the molecule is CCC(CC)C(N)Cc1ccc(C(C)C)cc1. The minimum atomic E-state index is 0.301. The third-order valence-corrected chi connectivity index (χ3v) is 3.77. The molecule has 0 aliphatic carbocycles. The van der Waals surface area contributed by atoms with Gasteiger partial charge in [-0.3, -0.25) is 0 Å². The second kappa shape index (κ2) is 6.80. The third kappa shape index (κ3) is 4.16. The third-order valence-electron chi connectivity index (χ3n) is 3.77. The minimum Gasteiger partial charge on any atom is -0.327 e. The highest BCUT2D eigenvalue weighted by atomic mass is 14.6. The van der Waals surface area contributed by atoms with Gasteiger partial charge < -0.3 is 5.73 Å². The van der Waals surface area contributed by atoms with Gasteiger partial charge in [-0.25, -0.2) is 0 Å². The molecule has 0 saturated carbocycles. The van der Waals surface area contributed by atoms with Crippen molar-refractivity contribution in [3.63, 3.8) is 0 Å². The van der Waals surface area contributed by atoms with Crippen molar-refractivity contribution in [3.05, 3.63) is 35.4 Å². The number of hydrogen-bond acceptors (Lipinski definition) is 1. The van der Waals surface area contributed by atoms with Gasteiger partial charge >= 0.3 is 0 Å². The molecule has 0 saturated heterocycles. The lowest BCUT2D eigenvalue weighted by Crippen LogP contribution is -2.31. The van der Waals surface area contributed by atoms with Crippen molar-refractivity contribution in [2.45, 2.75) is 58.9 Å². The van der Waals surface area contributed by atoms with Gasteiger partial charge in [-0.15, -0.1) is 0 Å². The molecule has 1 nitrogen and oxygen atoms in total. The maximum absolute atomic E-state index is 6.27. The second-order valence-electron chi connectivity index (χ2n) is 5.34. The predicted octanol–water partition coefficient (Wildman–Crippen LogP) is 4.12. The molecule has 0 fully saturated rings. The Morgan fingerprint density at radius 2 is 1.53 bits per heavy atom. The van der Waals surface area contributed by atoms with E-state index in [9.17, 15) is 0 Å². The number of rotatable bonds is 6. The van der Waals surface area contributed by atoms with E-state index in [4.69, 9.17) is 5.73 Å². The van der Waals surface area contributed by atoms with E-state index in [0.29, 0.717) is 17.9 Å². The zero-order chi connectivity index (χ0) is 12.8. The van der Waals surface area contributed by atoms with Gasteiger partial charge in [-0.05, 0) is 29.4 Å². The van der Waals surface area contributed by atoms with Crippen molar-refractivity contribution >= 4 is 0 Å². The molecule has 0 aliphatic heterocycles. The van der Waals surface area contributed by atoms with Gasteiger partial charge in [0.05, 0.1) is 0 Å². The summed E-state index contributed by atoms with van der Waals surface area (Å²) in [5.74, 6) is 1.26. The topological polar surface area (TPSA) is 26.0 Å². The molecule has 0 heterocycles. The van der Waals surface area contributed by atoms with Gasteiger partial charge in [0.15, 0.2) is 0 Å². The van der Waals surface area contributed by atoms with Crippen molar-refractivity contribution in [1.29, 1.82) is 0 Å². The molecule has 1 rings (SSSR count). The molecule has 0 aliphatic rings. The standard InChI is InChI=1S/C16H27N/c1-5-14(6-2)16(17)11-13-7-9-15(10-8-13)12(3)4/h7-10,12,14,16H,5-6,11,17H2,1-4H3. The van der Waals surface area contributed by atoms with E-state index in [1.54, 1.807) is 0 Å². The van der Waals surface area contributed by atoms with Crippen LogP contribution in [0.2, 0.25) is 0 Å². The zero-order valence-corrected chi connectivity index (χ0v) is 11.7. The van der Waals surface area contributed by atoms with Crippen LogP contribution in [0.1, 0.15) is 57.6 Å². The second-order valence-corrected chi connectivity index (χ2v) is 5.34. The molecule has 1 aromatic carbocycles. The first kappa shape index (κ1) is 14.2. The Morgan fingerprint density at radius 3 is 1.94 bits per heavy atom. The molecule has 1 aromatic rings. The number of hydrogen-bond donors (Lipinski definition) is 1. The van der Waals surface area contributed by atoms with Crippen LogP contribution in [-0.4, -0.2) is 6.04 Å². The lowest BCUT2D eigenvalue weighted by Gasteiger charge is -2.21. The van der Waals surface area contributed by atoms with E-state index in [-0.39, 0.29) is 0 Å². The summed E-state index contributed by atoms with van der Waals surface area (Å²) in [7, 11) is 0. The van der Waals surface area contributed by atoms with Crippen LogP contribution in [0.15, 0.2) is 24.3 Å². The summed E-state index contributed by atoms with van der Waals surface area (Å²) in [5.41, 5.74) is 9.05. The summed E-state index contributed by atoms with van der Waals surface area (Å²) in [6, 6.07) is 9.24. The lowest BCUT2D eigenvalue weighted by atomic mass is 9.89. The maximum atomic E-state index is 6.27. The monoisotopic (exact) mass is 233 g/mol. The highest BCUT2D eigenvalue weighted by Gasteiger charge is 2.14. The van der Waals surface area contributed by atoms with Gasteiger partial charge in [-0.1, -0.05) is 64.8 Å². The summed E-state index contributed by atoms with van der Waals surface area (Å²) < 4.78 is 0. The van der Waals surface area contributed by atoms with Crippen LogP contribution in [0.3, 0.4) is 0 Å². The van der Waals surface area contributed by atoms with Gasteiger partial charge in [0.25, 0.3) is 0 Å². The van der Waals surface area contributed by atoms with E-state index in [1.165, 1.54) is 24.0 Å². The van der Waals surface area contributed by atoms with Crippen molar-refractivity contribution in [1.82, 2.24) is 0 Å². The van der Waals surface area contributed by atoms with Crippen molar-refractivity contribution in [2.24, 2.45) is 11.7 Å². The van der Waals surface area contributed by atoms with Gasteiger partial charge in [-0.2, -0.15) is 0 Å². The summed E-state index contributed by atoms with van der Waals surface area (Å²) in [6.07, 6.45) is 3.37. The van der Waals surface area contributed by atoms with E-state index in [2.05, 4.69) is 52.0 Å². The molecule has 2 N–H and O–H groups in total. The van der Waals surface area contributed by atoms with Crippen molar-refractivity contribution in [2.75, 3.05) is 0 Å². The Bertz CT molecular complexity index is 309. The summed E-state index contributed by atoms with van der Waals surface area (Å²) in [4.78, 5) is 0. The quantitative estimate of drug-likeness (QED) is 0.786. The number of nitrogens with two attached hydrogens (primary N) is 1. The van der Waals surface area contributed by atoms with Crippen LogP contribution in [0.25, 0.3) is 0 Å². The first-order chi connectivity index (χ1) is 8.08. The number of benzene rings is 1. The van der Waals surface area contributed by atoms with E-state index >= 15 is 0 Å². The smallest absolute Gasteiger partial charge is 0.0108 e. The predicted molar refractivity (Wildman–Crippen MR) is 76.3 cm³/mol. The molecule has 17 heavy (non-hydrogen) atoms. The first-order valence-corrected chi connectivity index (χ1v) is 6.92. The Kier molecular flexibility index (Phi) is 5.70. The highest BCUT2D eigenvalue weighted by Crippen LogP contribution is 2.18. The average Bonchev–Trinajstić information content (AvgIpc) is 2.31. The lowest BCUT2D eigenvalue weighted by molar-refractivity contribution is 0.393. The fraction of sp³-hybridized carbons (Fsp3) is 0.625. The summed E-state index contributed by atoms with van der Waals surface area (Å²) >= 11 is 0. The Hall–Kier alpha value is -0.820. The fourth-order valence-electron chi connectivity index (χ4n) is 2.37. The van der Waals surface area contributed by atoms with Crippen LogP contribution in [-0.2, 0) is 6.42 Å². The zero-order valence-electron chi connectivity index (χ0n) is 11.7. The van der Waals surface area contributed by atoms with E-state index in [0.717, 1.165) is 6.42 Å². The van der Waals surface area contributed by atoms with E-state index in [1.807, 2.05) is 0 Å². The van der Waals surface area contributed by atoms with E-state index < -0.39 is 0 Å². The molecule has 0 spiro atoms. The molecule has 1 atom stereocenters. The molecule has 0 amide bonds. The van der Waals surface area contributed by atoms with Crippen molar-refractivity contribution < 1.29 is 0 Å². The molecule has 1 heteroatoms. The molecule has 0 aromatic heterocycles. The van der Waals surface area contributed by atoms with Crippen LogP contribution in [0.5, 0.6) is 0 Å². The fourth-order valence-corrected chi connectivity index (χ4v) is 2.37. The normalized spacial score (nSPS) is 13.4. The van der Waals surface area contributed by atoms with Crippen molar-refractivity contribution in [3.8, 4) is 0 Å². The Labute approximate surface area is 106 Å². The maximum Gasteiger partial charge on any atom is 0.0108 e. The van der Waals surface area contributed by atoms with Crippen LogP contribution in [0, 0.1) is 5.92 Å². The minimum absolute atomic E-state index is 0.301. The van der Waals surface area contributed by atoms with Crippen LogP contribution >= 0.6 is 0 Å². The van der Waals surface area contributed by atoms with Crippen LogP contribution < -0.4 is 5.73 Å². The Morgan fingerprint density at radius 1 is 1.00 bits per heavy atom. The van der Waals surface area contributed by atoms with Gasteiger partial charge in [0.2, 0.25) is 0 Å². The molecule has 96 valence electrons. The molecule has 0 radical (unpaired) electrons. The molecule has 0 bridgehead atoms. The Balaban J connectivity index is 2.62. The van der Waals surface area contributed by atoms with Gasteiger partial charge in [0, 0.05) is 6.04 Å². The molecular weight excluding hydrogens is 206 g/mol. The summed E-state index contributed by atoms with van der Waals surface area (Å²) in [6.45, 7) is 8.92. The molecule has 1 unspecified atom stereocenters. The highest BCUT2D eigenvalue weighted by molar-refractivity contribution is 5.25. The van der Waals surface area contributed by atoms with Crippen LogP contribution in [0.4, 0.5) is 0 Å². The largest absolute Gasteiger partial charge is 0.327 e. The average molecular weight is 233 g/mol. The summed E-state index contributed by atoms with van der Waals surface area (Å²) in [5, 5.41) is 0. The van der Waals surface area contributed by atoms with Gasteiger partial charge in [0.1, 0.15) is 0 Å². The first-order valence-electron chi connectivity index (χ1n) is 6.92. The molecular formula is C16H27N.